The number of benzene rings is 1. The molecule has 0 aliphatic heterocycles. The lowest BCUT2D eigenvalue weighted by Crippen LogP contribution is -2.33. The van der Waals surface area contributed by atoms with Gasteiger partial charge in [0, 0.05) is 18.2 Å². The van der Waals surface area contributed by atoms with Crippen LogP contribution >= 0.6 is 0 Å². The molecule has 3 nitrogen and oxygen atoms in total. The molecule has 0 aliphatic carbocycles. The van der Waals surface area contributed by atoms with E-state index in [1.165, 1.54) is 25.1 Å². The van der Waals surface area contributed by atoms with Crippen molar-refractivity contribution in [3.63, 3.8) is 0 Å². The highest BCUT2D eigenvalue weighted by Gasteiger charge is 2.07. The predicted molar refractivity (Wildman–Crippen MR) is 79.3 cm³/mol. The van der Waals surface area contributed by atoms with Gasteiger partial charge in [0.2, 0.25) is 0 Å². The average molecular weight is 279 g/mol. The largest absolute Gasteiger partial charge is 0.489 e. The Balaban J connectivity index is 2.72. The summed E-state index contributed by atoms with van der Waals surface area (Å²) in [7, 11) is 0. The molecule has 0 radical (unpaired) electrons. The predicted octanol–water partition coefficient (Wildman–Crippen LogP) is 3.19. The molecule has 110 valence electrons. The molecule has 0 amide bonds. The molecule has 0 saturated heterocycles. The van der Waals surface area contributed by atoms with Crippen molar-refractivity contribution in [2.45, 2.75) is 39.8 Å². The number of hydrogen-bond donors (Lipinski definition) is 1. The molecule has 1 aromatic rings. The van der Waals surface area contributed by atoms with E-state index in [0.717, 1.165) is 0 Å². The van der Waals surface area contributed by atoms with Crippen LogP contribution in [0.25, 0.3) is 6.08 Å². The second kappa shape index (κ2) is 7.80. The monoisotopic (exact) mass is 279 g/mol. The molecule has 1 N–H and O–H groups in total. The van der Waals surface area contributed by atoms with Gasteiger partial charge in [-0.1, -0.05) is 13.8 Å². The van der Waals surface area contributed by atoms with Crippen molar-refractivity contribution in [2.24, 2.45) is 0 Å². The number of ketones is 1. The maximum atomic E-state index is 13.6. The zero-order chi connectivity index (χ0) is 15.1. The van der Waals surface area contributed by atoms with Crippen molar-refractivity contribution in [1.29, 1.82) is 0 Å². The Kier molecular flexibility index (Phi) is 6.39. The molecular weight excluding hydrogens is 257 g/mol. The fraction of sp³-hybridized carbons (Fsp3) is 0.438. The molecule has 1 atom stereocenters. The number of rotatable bonds is 7. The lowest BCUT2D eigenvalue weighted by atomic mass is 10.1. The molecular formula is C16H22FNO2. The van der Waals surface area contributed by atoms with Gasteiger partial charge in [-0.3, -0.25) is 4.79 Å². The molecule has 20 heavy (non-hydrogen) atoms. The Bertz CT molecular complexity index is 483. The minimum atomic E-state index is -0.372. The van der Waals surface area contributed by atoms with Crippen LogP contribution in [-0.2, 0) is 4.79 Å². The molecule has 0 bridgehead atoms. The summed E-state index contributed by atoms with van der Waals surface area (Å²) in [5.41, 5.74) is 0.349. The zero-order valence-corrected chi connectivity index (χ0v) is 12.4. The molecule has 0 aromatic heterocycles. The Morgan fingerprint density at radius 3 is 2.70 bits per heavy atom. The van der Waals surface area contributed by atoms with Crippen LogP contribution < -0.4 is 10.1 Å². The summed E-state index contributed by atoms with van der Waals surface area (Å²) < 4.78 is 19.3. The van der Waals surface area contributed by atoms with Crippen LogP contribution in [0.15, 0.2) is 24.3 Å². The highest BCUT2D eigenvalue weighted by molar-refractivity contribution is 5.91. The van der Waals surface area contributed by atoms with Gasteiger partial charge < -0.3 is 10.1 Å². The molecule has 0 aliphatic rings. The van der Waals surface area contributed by atoms with Gasteiger partial charge in [-0.25, -0.2) is 4.39 Å². The minimum absolute atomic E-state index is 0.0208. The molecule has 0 spiro atoms. The number of allylic oxidation sites excluding steroid dienone is 1. The molecule has 0 saturated carbocycles. The molecule has 0 unspecified atom stereocenters. The number of nitrogens with one attached hydrogen (secondary N) is 1. The number of hydrogen-bond acceptors (Lipinski definition) is 3. The first-order chi connectivity index (χ1) is 9.38. The van der Waals surface area contributed by atoms with E-state index in [9.17, 15) is 9.18 Å². The van der Waals surface area contributed by atoms with Crippen molar-refractivity contribution < 1.29 is 13.9 Å². The second-order valence-corrected chi connectivity index (χ2v) is 5.12. The van der Waals surface area contributed by atoms with Gasteiger partial charge in [0.25, 0.3) is 0 Å². The Labute approximate surface area is 119 Å². The van der Waals surface area contributed by atoms with Crippen LogP contribution in [0.5, 0.6) is 5.75 Å². The van der Waals surface area contributed by atoms with Crippen LogP contribution in [0.1, 0.15) is 33.3 Å². The number of carbonyl (C=O) groups excluding carboxylic acids is 1. The number of halogens is 1. The van der Waals surface area contributed by atoms with Crippen molar-refractivity contribution in [1.82, 2.24) is 5.32 Å². The number of ether oxygens (including phenoxy) is 1. The first kappa shape index (κ1) is 16.4. The SMILES string of the molecule is CC(=O)/C=C/c1cc(O[C@@H](C)CNC(C)C)ccc1F. The van der Waals surface area contributed by atoms with Gasteiger partial charge in [-0.2, -0.15) is 0 Å². The molecule has 4 heteroatoms. The van der Waals surface area contributed by atoms with Crippen LogP contribution in [-0.4, -0.2) is 24.5 Å². The summed E-state index contributed by atoms with van der Waals surface area (Å²) in [6.07, 6.45) is 2.78. The maximum absolute atomic E-state index is 13.6. The third kappa shape index (κ3) is 5.97. The van der Waals surface area contributed by atoms with E-state index in [1.807, 2.05) is 6.92 Å². The summed E-state index contributed by atoms with van der Waals surface area (Å²) in [6.45, 7) is 8.22. The van der Waals surface area contributed by atoms with Gasteiger partial charge in [0.05, 0.1) is 0 Å². The first-order valence-electron chi connectivity index (χ1n) is 6.76. The zero-order valence-electron chi connectivity index (χ0n) is 12.4. The van der Waals surface area contributed by atoms with Crippen LogP contribution in [0.3, 0.4) is 0 Å². The van der Waals surface area contributed by atoms with Gasteiger partial charge in [0.1, 0.15) is 17.7 Å². The van der Waals surface area contributed by atoms with Gasteiger partial charge in [-0.05, 0) is 44.2 Å². The molecule has 1 aromatic carbocycles. The van der Waals surface area contributed by atoms with Gasteiger partial charge in [-0.15, -0.1) is 0 Å². The Morgan fingerprint density at radius 1 is 1.40 bits per heavy atom. The molecule has 0 heterocycles. The van der Waals surface area contributed by atoms with E-state index in [1.54, 1.807) is 12.1 Å². The van der Waals surface area contributed by atoms with E-state index >= 15 is 0 Å². The summed E-state index contributed by atoms with van der Waals surface area (Å²) in [5.74, 6) is 0.0979. The second-order valence-electron chi connectivity index (χ2n) is 5.12. The summed E-state index contributed by atoms with van der Waals surface area (Å²) in [6, 6.07) is 4.92. The van der Waals surface area contributed by atoms with Gasteiger partial charge in [0.15, 0.2) is 5.78 Å². The van der Waals surface area contributed by atoms with E-state index in [0.29, 0.717) is 23.9 Å². The summed E-state index contributed by atoms with van der Waals surface area (Å²) in [4.78, 5) is 10.9. The smallest absolute Gasteiger partial charge is 0.152 e. The highest BCUT2D eigenvalue weighted by atomic mass is 19.1. The minimum Gasteiger partial charge on any atom is -0.489 e. The standard InChI is InChI=1S/C16H22FNO2/c1-11(2)18-10-13(4)20-15-7-8-16(17)14(9-15)6-5-12(3)19/h5-9,11,13,18H,10H2,1-4H3/b6-5+/t13-/m0/s1. The maximum Gasteiger partial charge on any atom is 0.152 e. The highest BCUT2D eigenvalue weighted by Crippen LogP contribution is 2.19. The number of carbonyl (C=O) groups is 1. The van der Waals surface area contributed by atoms with E-state index in [4.69, 9.17) is 4.74 Å². The molecule has 1 rings (SSSR count). The first-order valence-corrected chi connectivity index (χ1v) is 6.76. The van der Waals surface area contributed by atoms with Crippen LogP contribution in [0, 0.1) is 5.82 Å². The average Bonchev–Trinajstić information content (AvgIpc) is 2.37. The van der Waals surface area contributed by atoms with Crippen molar-refractivity contribution in [2.75, 3.05) is 6.54 Å². The van der Waals surface area contributed by atoms with Crippen LogP contribution in [0.4, 0.5) is 4.39 Å². The fourth-order valence-electron chi connectivity index (χ4n) is 1.61. The Hall–Kier alpha value is -1.68. The van der Waals surface area contributed by atoms with E-state index < -0.39 is 0 Å². The van der Waals surface area contributed by atoms with E-state index in [-0.39, 0.29) is 17.7 Å². The Morgan fingerprint density at radius 2 is 2.10 bits per heavy atom. The van der Waals surface area contributed by atoms with Gasteiger partial charge >= 0.3 is 0 Å². The molecule has 0 fully saturated rings. The normalized spacial score (nSPS) is 12.9. The third-order valence-corrected chi connectivity index (χ3v) is 2.62. The summed E-state index contributed by atoms with van der Waals surface area (Å²) in [5, 5.41) is 3.27. The topological polar surface area (TPSA) is 38.3 Å². The van der Waals surface area contributed by atoms with Crippen LogP contribution in [0.2, 0.25) is 0 Å². The van der Waals surface area contributed by atoms with Crippen molar-refractivity contribution in [3.05, 3.63) is 35.7 Å². The quantitative estimate of drug-likeness (QED) is 0.779. The summed E-state index contributed by atoms with van der Waals surface area (Å²) >= 11 is 0. The van der Waals surface area contributed by atoms with Crippen molar-refractivity contribution >= 4 is 11.9 Å². The van der Waals surface area contributed by atoms with E-state index in [2.05, 4.69) is 19.2 Å². The lowest BCUT2D eigenvalue weighted by molar-refractivity contribution is -0.112. The van der Waals surface area contributed by atoms with Crippen molar-refractivity contribution in [3.8, 4) is 5.75 Å². The fourth-order valence-corrected chi connectivity index (χ4v) is 1.61. The lowest BCUT2D eigenvalue weighted by Gasteiger charge is -2.17. The third-order valence-electron chi connectivity index (χ3n) is 2.62.